The number of nitrogens with one attached hydrogen (secondary N) is 1. The molecule has 1 aromatic carbocycles. The molecule has 0 fully saturated rings. The van der Waals surface area contributed by atoms with Gasteiger partial charge in [0.2, 0.25) is 5.91 Å². The van der Waals surface area contributed by atoms with Crippen LogP contribution in [0.2, 0.25) is 0 Å². The Morgan fingerprint density at radius 1 is 1.47 bits per heavy atom. The van der Waals surface area contributed by atoms with Crippen LogP contribution in [0, 0.1) is 12.7 Å². The van der Waals surface area contributed by atoms with Crippen LogP contribution >= 0.6 is 0 Å². The highest BCUT2D eigenvalue weighted by molar-refractivity contribution is 5.91. The minimum absolute atomic E-state index is 0.141. The topological polar surface area (TPSA) is 55.1 Å². The molecule has 0 aliphatic carbocycles. The summed E-state index contributed by atoms with van der Waals surface area (Å²) in [5, 5.41) is 2.69. The third-order valence-electron chi connectivity index (χ3n) is 2.54. The van der Waals surface area contributed by atoms with E-state index < -0.39 is 0 Å². The number of hydrogen-bond donors (Lipinski definition) is 2. The molecule has 17 heavy (non-hydrogen) atoms. The molecule has 3 N–H and O–H groups in total. The predicted molar refractivity (Wildman–Crippen MR) is 67.3 cm³/mol. The molecule has 0 atom stereocenters. The van der Waals surface area contributed by atoms with Crippen molar-refractivity contribution in [3.63, 3.8) is 0 Å². The Morgan fingerprint density at radius 2 is 2.12 bits per heavy atom. The molecule has 0 heterocycles. The second kappa shape index (κ2) is 5.27. The number of rotatable bonds is 4. The highest BCUT2D eigenvalue weighted by Crippen LogP contribution is 2.18. The van der Waals surface area contributed by atoms with Crippen LogP contribution in [0.4, 0.5) is 10.1 Å². The van der Waals surface area contributed by atoms with Crippen LogP contribution in [0.3, 0.4) is 0 Å². The first-order valence-corrected chi connectivity index (χ1v) is 5.63. The lowest BCUT2D eigenvalue weighted by Crippen LogP contribution is -2.33. The molecule has 0 aliphatic rings. The molecule has 0 saturated carbocycles. The number of nitrogens with two attached hydrogens (primary N) is 1. The van der Waals surface area contributed by atoms with E-state index in [0.717, 1.165) is 0 Å². The Kier molecular flexibility index (Phi) is 4.23. The number of carbonyl (C=O) groups excluding carboxylic acids is 1. The molecule has 0 saturated heterocycles. The Balaban J connectivity index is 2.60. The van der Waals surface area contributed by atoms with E-state index in [4.69, 9.17) is 5.73 Å². The summed E-state index contributed by atoms with van der Waals surface area (Å²) in [6.45, 7) is 5.37. The summed E-state index contributed by atoms with van der Waals surface area (Å²) in [6.07, 6.45) is 0.923. The number of halogens is 1. The van der Waals surface area contributed by atoms with E-state index in [0.29, 0.717) is 24.1 Å². The number of amides is 1. The van der Waals surface area contributed by atoms with Crippen molar-refractivity contribution in [2.75, 3.05) is 5.32 Å². The molecule has 94 valence electrons. The summed E-state index contributed by atoms with van der Waals surface area (Å²) in [5.74, 6) is -0.459. The predicted octanol–water partition coefficient (Wildman–Crippen LogP) is 2.59. The molecule has 1 rings (SSSR count). The first-order chi connectivity index (χ1) is 7.79. The van der Waals surface area contributed by atoms with Crippen molar-refractivity contribution >= 4 is 11.6 Å². The van der Waals surface area contributed by atoms with Crippen molar-refractivity contribution in [1.82, 2.24) is 0 Å². The lowest BCUT2D eigenvalue weighted by molar-refractivity contribution is -0.116. The quantitative estimate of drug-likeness (QED) is 0.847. The summed E-state index contributed by atoms with van der Waals surface area (Å²) >= 11 is 0. The molecule has 1 aromatic rings. The fourth-order valence-corrected chi connectivity index (χ4v) is 1.39. The molecule has 0 bridgehead atoms. The number of anilines is 1. The summed E-state index contributed by atoms with van der Waals surface area (Å²) in [5.41, 5.74) is 6.39. The van der Waals surface area contributed by atoms with E-state index in [9.17, 15) is 9.18 Å². The second-order valence-electron chi connectivity index (χ2n) is 4.95. The van der Waals surface area contributed by atoms with Crippen LogP contribution in [0.25, 0.3) is 0 Å². The van der Waals surface area contributed by atoms with Gasteiger partial charge in [-0.3, -0.25) is 4.79 Å². The monoisotopic (exact) mass is 238 g/mol. The van der Waals surface area contributed by atoms with Crippen molar-refractivity contribution in [1.29, 1.82) is 0 Å². The van der Waals surface area contributed by atoms with Gasteiger partial charge in [0.05, 0.1) is 0 Å². The summed E-state index contributed by atoms with van der Waals surface area (Å²) in [7, 11) is 0. The number of benzene rings is 1. The molecule has 4 heteroatoms. The van der Waals surface area contributed by atoms with Gasteiger partial charge in [0, 0.05) is 23.2 Å². The maximum Gasteiger partial charge on any atom is 0.224 e. The van der Waals surface area contributed by atoms with E-state index in [1.807, 2.05) is 13.8 Å². The lowest BCUT2D eigenvalue weighted by Gasteiger charge is -2.17. The second-order valence-corrected chi connectivity index (χ2v) is 4.95. The van der Waals surface area contributed by atoms with E-state index in [2.05, 4.69) is 5.32 Å². The molecular weight excluding hydrogens is 219 g/mol. The molecule has 0 radical (unpaired) electrons. The standard InChI is InChI=1S/C13H19FN2O/c1-9-10(14)5-4-6-11(9)16-12(17)7-8-13(2,3)15/h4-6H,7-8,15H2,1-3H3,(H,16,17). The molecule has 0 unspecified atom stereocenters. The van der Waals surface area contributed by atoms with Crippen molar-refractivity contribution in [2.24, 2.45) is 5.73 Å². The maximum atomic E-state index is 13.2. The van der Waals surface area contributed by atoms with Crippen LogP contribution in [0.1, 0.15) is 32.3 Å². The number of hydrogen-bond acceptors (Lipinski definition) is 2. The first kappa shape index (κ1) is 13.6. The van der Waals surface area contributed by atoms with E-state index in [1.165, 1.54) is 6.07 Å². The fraction of sp³-hybridized carbons (Fsp3) is 0.462. The van der Waals surface area contributed by atoms with Gasteiger partial charge in [-0.15, -0.1) is 0 Å². The van der Waals surface area contributed by atoms with E-state index >= 15 is 0 Å². The van der Waals surface area contributed by atoms with E-state index in [1.54, 1.807) is 19.1 Å². The zero-order valence-corrected chi connectivity index (χ0v) is 10.5. The third kappa shape index (κ3) is 4.53. The average molecular weight is 238 g/mol. The van der Waals surface area contributed by atoms with Crippen LogP contribution in [-0.4, -0.2) is 11.4 Å². The Hall–Kier alpha value is -1.42. The minimum Gasteiger partial charge on any atom is -0.326 e. The third-order valence-corrected chi connectivity index (χ3v) is 2.54. The lowest BCUT2D eigenvalue weighted by atomic mass is 10.00. The summed E-state index contributed by atoms with van der Waals surface area (Å²) < 4.78 is 13.2. The zero-order valence-electron chi connectivity index (χ0n) is 10.5. The average Bonchev–Trinajstić information content (AvgIpc) is 2.21. The van der Waals surface area contributed by atoms with Gasteiger partial charge >= 0.3 is 0 Å². The molecule has 3 nitrogen and oxygen atoms in total. The molecule has 0 aromatic heterocycles. The molecular formula is C13H19FN2O. The minimum atomic E-state index is -0.367. The summed E-state index contributed by atoms with van der Waals surface area (Å²) in [6, 6.07) is 4.63. The van der Waals surface area contributed by atoms with Gasteiger partial charge in [0.15, 0.2) is 0 Å². The van der Waals surface area contributed by atoms with Gasteiger partial charge in [-0.2, -0.15) is 0 Å². The van der Waals surface area contributed by atoms with Crippen molar-refractivity contribution in [3.05, 3.63) is 29.6 Å². The van der Waals surface area contributed by atoms with Crippen LogP contribution < -0.4 is 11.1 Å². The van der Waals surface area contributed by atoms with Crippen LogP contribution in [-0.2, 0) is 4.79 Å². The highest BCUT2D eigenvalue weighted by Gasteiger charge is 2.14. The Morgan fingerprint density at radius 3 is 2.71 bits per heavy atom. The van der Waals surface area contributed by atoms with Gasteiger partial charge in [0.1, 0.15) is 5.82 Å². The van der Waals surface area contributed by atoms with Gasteiger partial charge < -0.3 is 11.1 Å². The van der Waals surface area contributed by atoms with Gasteiger partial charge in [-0.1, -0.05) is 6.07 Å². The van der Waals surface area contributed by atoms with Gasteiger partial charge in [-0.05, 0) is 39.3 Å². The highest BCUT2D eigenvalue weighted by atomic mass is 19.1. The molecule has 0 aliphatic heterocycles. The van der Waals surface area contributed by atoms with Crippen molar-refractivity contribution < 1.29 is 9.18 Å². The zero-order chi connectivity index (χ0) is 13.1. The molecule has 1 amide bonds. The fourth-order valence-electron chi connectivity index (χ4n) is 1.39. The van der Waals surface area contributed by atoms with Gasteiger partial charge in [0.25, 0.3) is 0 Å². The van der Waals surface area contributed by atoms with Gasteiger partial charge in [-0.25, -0.2) is 4.39 Å². The largest absolute Gasteiger partial charge is 0.326 e. The maximum absolute atomic E-state index is 13.2. The number of carbonyl (C=O) groups is 1. The first-order valence-electron chi connectivity index (χ1n) is 5.63. The normalized spacial score (nSPS) is 11.4. The van der Waals surface area contributed by atoms with Crippen LogP contribution in [0.15, 0.2) is 18.2 Å². The van der Waals surface area contributed by atoms with E-state index in [-0.39, 0.29) is 17.3 Å². The SMILES string of the molecule is Cc1c(F)cccc1NC(=O)CCC(C)(C)N. The van der Waals surface area contributed by atoms with Crippen molar-refractivity contribution in [2.45, 2.75) is 39.2 Å². The summed E-state index contributed by atoms with van der Waals surface area (Å²) in [4.78, 5) is 11.6. The van der Waals surface area contributed by atoms with Crippen molar-refractivity contribution in [3.8, 4) is 0 Å². The Bertz CT molecular complexity index is 410. The molecule has 0 spiro atoms. The smallest absolute Gasteiger partial charge is 0.224 e. The van der Waals surface area contributed by atoms with Crippen LogP contribution in [0.5, 0.6) is 0 Å². The Labute approximate surface area is 101 Å².